The Balaban J connectivity index is 2.68. The van der Waals surface area contributed by atoms with Crippen LogP contribution in [-0.2, 0) is 4.74 Å². The minimum atomic E-state index is -0.277. The van der Waals surface area contributed by atoms with E-state index in [0.717, 1.165) is 16.3 Å². The van der Waals surface area contributed by atoms with Crippen LogP contribution >= 0.6 is 0 Å². The number of rotatable bonds is 1. The summed E-state index contributed by atoms with van der Waals surface area (Å²) in [5.41, 5.74) is 2.77. The highest BCUT2D eigenvalue weighted by Gasteiger charge is 2.10. The van der Waals surface area contributed by atoms with Crippen LogP contribution in [0.2, 0.25) is 0 Å². The maximum atomic E-state index is 11.5. The van der Waals surface area contributed by atoms with E-state index in [1.807, 2.05) is 26.0 Å². The molecule has 0 aliphatic rings. The SMILES string of the molecule is COC(=O)c1cc2cc(C)ccc2cc1C. The van der Waals surface area contributed by atoms with Crippen LogP contribution in [0.1, 0.15) is 21.5 Å². The molecule has 0 aliphatic carbocycles. The molecular weight excluding hydrogens is 200 g/mol. The fourth-order valence-electron chi connectivity index (χ4n) is 1.86. The van der Waals surface area contributed by atoms with Gasteiger partial charge in [0.25, 0.3) is 0 Å². The normalized spacial score (nSPS) is 10.4. The molecule has 0 saturated carbocycles. The number of hydrogen-bond donors (Lipinski definition) is 0. The molecule has 0 spiro atoms. The monoisotopic (exact) mass is 214 g/mol. The summed E-state index contributed by atoms with van der Waals surface area (Å²) in [5.74, 6) is -0.277. The van der Waals surface area contributed by atoms with Gasteiger partial charge in [-0.3, -0.25) is 0 Å². The summed E-state index contributed by atoms with van der Waals surface area (Å²) in [7, 11) is 1.40. The van der Waals surface area contributed by atoms with Crippen LogP contribution in [0, 0.1) is 13.8 Å². The van der Waals surface area contributed by atoms with Crippen LogP contribution in [-0.4, -0.2) is 13.1 Å². The number of fused-ring (bicyclic) bond motifs is 1. The molecule has 0 saturated heterocycles. The molecule has 82 valence electrons. The Morgan fingerprint density at radius 2 is 1.81 bits per heavy atom. The summed E-state index contributed by atoms with van der Waals surface area (Å²) < 4.78 is 4.76. The molecule has 0 bridgehead atoms. The van der Waals surface area contributed by atoms with Crippen molar-refractivity contribution in [3.05, 3.63) is 47.0 Å². The van der Waals surface area contributed by atoms with Crippen LogP contribution in [0.5, 0.6) is 0 Å². The standard InChI is InChI=1S/C14H14O2/c1-9-4-5-11-7-10(2)13(14(15)16-3)8-12(11)6-9/h4-8H,1-3H3. The van der Waals surface area contributed by atoms with Crippen LogP contribution in [0.4, 0.5) is 0 Å². The highest BCUT2D eigenvalue weighted by Crippen LogP contribution is 2.21. The van der Waals surface area contributed by atoms with Gasteiger partial charge in [0.15, 0.2) is 0 Å². The summed E-state index contributed by atoms with van der Waals surface area (Å²) in [6, 6.07) is 10.1. The van der Waals surface area contributed by atoms with Gasteiger partial charge in [-0.15, -0.1) is 0 Å². The summed E-state index contributed by atoms with van der Waals surface area (Å²) in [4.78, 5) is 11.5. The van der Waals surface area contributed by atoms with Crippen molar-refractivity contribution in [2.45, 2.75) is 13.8 Å². The first-order chi connectivity index (χ1) is 7.61. The molecule has 0 radical (unpaired) electrons. The first-order valence-electron chi connectivity index (χ1n) is 5.21. The average molecular weight is 214 g/mol. The number of esters is 1. The van der Waals surface area contributed by atoms with E-state index in [0.29, 0.717) is 5.56 Å². The van der Waals surface area contributed by atoms with Gasteiger partial charge in [-0.05, 0) is 36.2 Å². The highest BCUT2D eigenvalue weighted by atomic mass is 16.5. The molecule has 0 fully saturated rings. The first kappa shape index (κ1) is 10.7. The van der Waals surface area contributed by atoms with E-state index in [-0.39, 0.29) is 5.97 Å². The summed E-state index contributed by atoms with van der Waals surface area (Å²) in [5, 5.41) is 2.22. The number of ether oxygens (including phenoxy) is 1. The molecule has 0 N–H and O–H groups in total. The van der Waals surface area contributed by atoms with Gasteiger partial charge in [-0.1, -0.05) is 29.8 Å². The molecule has 16 heavy (non-hydrogen) atoms. The molecule has 0 heterocycles. The number of aryl methyl sites for hydroxylation is 2. The number of methoxy groups -OCH3 is 1. The lowest BCUT2D eigenvalue weighted by Gasteiger charge is -2.07. The van der Waals surface area contributed by atoms with Gasteiger partial charge in [0, 0.05) is 0 Å². The zero-order valence-electron chi connectivity index (χ0n) is 9.70. The second kappa shape index (κ2) is 3.97. The third-order valence-electron chi connectivity index (χ3n) is 2.74. The number of benzene rings is 2. The Morgan fingerprint density at radius 1 is 1.06 bits per heavy atom. The van der Waals surface area contributed by atoms with E-state index in [1.54, 1.807) is 0 Å². The predicted octanol–water partition coefficient (Wildman–Crippen LogP) is 3.24. The Morgan fingerprint density at radius 3 is 2.50 bits per heavy atom. The van der Waals surface area contributed by atoms with E-state index >= 15 is 0 Å². The van der Waals surface area contributed by atoms with Crippen molar-refractivity contribution >= 4 is 16.7 Å². The fraction of sp³-hybridized carbons (Fsp3) is 0.214. The number of hydrogen-bond acceptors (Lipinski definition) is 2. The van der Waals surface area contributed by atoms with Crippen LogP contribution in [0.15, 0.2) is 30.3 Å². The first-order valence-corrected chi connectivity index (χ1v) is 5.21. The third-order valence-corrected chi connectivity index (χ3v) is 2.74. The molecule has 2 nitrogen and oxygen atoms in total. The zero-order chi connectivity index (χ0) is 11.7. The minimum Gasteiger partial charge on any atom is -0.465 e. The summed E-state index contributed by atoms with van der Waals surface area (Å²) in [6.07, 6.45) is 0. The van der Waals surface area contributed by atoms with Crippen molar-refractivity contribution < 1.29 is 9.53 Å². The van der Waals surface area contributed by atoms with E-state index < -0.39 is 0 Å². The highest BCUT2D eigenvalue weighted by molar-refractivity contribution is 5.97. The molecule has 0 aromatic heterocycles. The second-order valence-electron chi connectivity index (χ2n) is 4.01. The van der Waals surface area contributed by atoms with Crippen molar-refractivity contribution in [3.8, 4) is 0 Å². The lowest BCUT2D eigenvalue weighted by molar-refractivity contribution is 0.0600. The largest absolute Gasteiger partial charge is 0.465 e. The van der Waals surface area contributed by atoms with Crippen LogP contribution < -0.4 is 0 Å². The Bertz CT molecular complexity index is 556. The summed E-state index contributed by atoms with van der Waals surface area (Å²) in [6.45, 7) is 3.96. The fourth-order valence-corrected chi connectivity index (χ4v) is 1.86. The predicted molar refractivity (Wildman–Crippen MR) is 64.8 cm³/mol. The smallest absolute Gasteiger partial charge is 0.338 e. The van der Waals surface area contributed by atoms with Crippen molar-refractivity contribution in [3.63, 3.8) is 0 Å². The summed E-state index contributed by atoms with van der Waals surface area (Å²) >= 11 is 0. The molecule has 0 amide bonds. The molecule has 0 aliphatic heterocycles. The van der Waals surface area contributed by atoms with E-state index in [2.05, 4.69) is 18.2 Å². The van der Waals surface area contributed by atoms with Gasteiger partial charge in [0.05, 0.1) is 12.7 Å². The lowest BCUT2D eigenvalue weighted by Crippen LogP contribution is -2.03. The Labute approximate surface area is 94.8 Å². The maximum absolute atomic E-state index is 11.5. The van der Waals surface area contributed by atoms with Gasteiger partial charge in [-0.25, -0.2) is 4.79 Å². The molecular formula is C14H14O2. The Kier molecular flexibility index (Phi) is 2.65. The molecule has 2 rings (SSSR count). The van der Waals surface area contributed by atoms with Crippen LogP contribution in [0.3, 0.4) is 0 Å². The van der Waals surface area contributed by atoms with Gasteiger partial charge in [0.1, 0.15) is 0 Å². The topological polar surface area (TPSA) is 26.3 Å². The molecule has 2 aromatic rings. The average Bonchev–Trinajstić information content (AvgIpc) is 2.28. The zero-order valence-corrected chi connectivity index (χ0v) is 9.70. The van der Waals surface area contributed by atoms with Crippen molar-refractivity contribution in [2.75, 3.05) is 7.11 Å². The van der Waals surface area contributed by atoms with E-state index in [1.165, 1.54) is 12.7 Å². The van der Waals surface area contributed by atoms with Gasteiger partial charge in [-0.2, -0.15) is 0 Å². The van der Waals surface area contributed by atoms with Gasteiger partial charge >= 0.3 is 5.97 Å². The molecule has 0 atom stereocenters. The quantitative estimate of drug-likeness (QED) is 0.681. The van der Waals surface area contributed by atoms with Gasteiger partial charge < -0.3 is 4.74 Å². The Hall–Kier alpha value is -1.83. The lowest BCUT2D eigenvalue weighted by atomic mass is 10.0. The second-order valence-corrected chi connectivity index (χ2v) is 4.01. The van der Waals surface area contributed by atoms with Crippen molar-refractivity contribution in [2.24, 2.45) is 0 Å². The van der Waals surface area contributed by atoms with E-state index in [4.69, 9.17) is 4.74 Å². The third kappa shape index (κ3) is 1.78. The van der Waals surface area contributed by atoms with Crippen molar-refractivity contribution in [1.29, 1.82) is 0 Å². The minimum absolute atomic E-state index is 0.277. The molecule has 0 unspecified atom stereocenters. The number of carbonyl (C=O) groups excluding carboxylic acids is 1. The van der Waals surface area contributed by atoms with Gasteiger partial charge in [0.2, 0.25) is 0 Å². The van der Waals surface area contributed by atoms with Crippen molar-refractivity contribution in [1.82, 2.24) is 0 Å². The molecule has 2 aromatic carbocycles. The molecule has 2 heteroatoms. The maximum Gasteiger partial charge on any atom is 0.338 e. The number of carbonyl (C=O) groups is 1. The van der Waals surface area contributed by atoms with E-state index in [9.17, 15) is 4.79 Å². The van der Waals surface area contributed by atoms with Crippen LogP contribution in [0.25, 0.3) is 10.8 Å².